The molecule has 0 aliphatic carbocycles. The Labute approximate surface area is 169 Å². The number of likely N-dealkylation sites (tertiary alicyclic amines) is 2. The van der Waals surface area contributed by atoms with Crippen LogP contribution in [0.1, 0.15) is 36.5 Å². The number of aliphatic carboxylic acids is 1. The van der Waals surface area contributed by atoms with Gasteiger partial charge in [0.15, 0.2) is 0 Å². The van der Waals surface area contributed by atoms with E-state index in [0.29, 0.717) is 44.5 Å². The SMILES string of the molecule is CC(=O)N1CC2(CCN(C(=O)c3ccccc3-n3cccc3)CC2)CC1C(=O)O. The van der Waals surface area contributed by atoms with Crippen LogP contribution in [0.15, 0.2) is 48.8 Å². The number of carbonyl (C=O) groups is 3. The molecule has 0 bridgehead atoms. The Morgan fingerprint density at radius 1 is 1.03 bits per heavy atom. The van der Waals surface area contributed by atoms with E-state index in [1.54, 1.807) is 0 Å². The summed E-state index contributed by atoms with van der Waals surface area (Å²) in [5, 5.41) is 9.50. The molecule has 2 amide bonds. The first-order valence-corrected chi connectivity index (χ1v) is 9.92. The lowest BCUT2D eigenvalue weighted by Gasteiger charge is -2.39. The summed E-state index contributed by atoms with van der Waals surface area (Å²) in [4.78, 5) is 40.0. The number of carboxylic acids is 1. The molecule has 0 saturated carbocycles. The zero-order chi connectivity index (χ0) is 20.6. The second-order valence-corrected chi connectivity index (χ2v) is 8.10. The Balaban J connectivity index is 1.49. The van der Waals surface area contributed by atoms with Crippen LogP contribution in [0.3, 0.4) is 0 Å². The molecule has 152 valence electrons. The van der Waals surface area contributed by atoms with Crippen molar-refractivity contribution in [3.8, 4) is 5.69 Å². The van der Waals surface area contributed by atoms with Crippen molar-refractivity contribution < 1.29 is 19.5 Å². The summed E-state index contributed by atoms with van der Waals surface area (Å²) in [7, 11) is 0. The fourth-order valence-corrected chi connectivity index (χ4v) is 4.70. The summed E-state index contributed by atoms with van der Waals surface area (Å²) in [6.45, 7) is 3.01. The van der Waals surface area contributed by atoms with Crippen LogP contribution in [0.2, 0.25) is 0 Å². The smallest absolute Gasteiger partial charge is 0.326 e. The van der Waals surface area contributed by atoms with Gasteiger partial charge >= 0.3 is 5.97 Å². The molecule has 2 fully saturated rings. The molecule has 2 aliphatic rings. The molecule has 3 heterocycles. The Kier molecular flexibility index (Phi) is 4.90. The molecule has 2 aliphatic heterocycles. The number of hydrogen-bond donors (Lipinski definition) is 1. The fourth-order valence-electron chi connectivity index (χ4n) is 4.70. The third-order valence-corrected chi connectivity index (χ3v) is 6.33. The third-order valence-electron chi connectivity index (χ3n) is 6.33. The van der Waals surface area contributed by atoms with Crippen LogP contribution in [0.4, 0.5) is 0 Å². The molecular formula is C22H25N3O4. The first-order chi connectivity index (χ1) is 13.9. The molecule has 7 nitrogen and oxygen atoms in total. The van der Waals surface area contributed by atoms with Gasteiger partial charge in [0.25, 0.3) is 5.91 Å². The number of para-hydroxylation sites is 1. The Bertz CT molecular complexity index is 905. The molecule has 1 spiro atoms. The highest BCUT2D eigenvalue weighted by atomic mass is 16.4. The van der Waals surface area contributed by atoms with E-state index in [9.17, 15) is 19.5 Å². The number of carboxylic acid groups (broad SMARTS) is 1. The van der Waals surface area contributed by atoms with Crippen LogP contribution in [0.5, 0.6) is 0 Å². The first kappa shape index (κ1) is 19.2. The minimum Gasteiger partial charge on any atom is -0.480 e. The molecule has 1 atom stereocenters. The van der Waals surface area contributed by atoms with Crippen molar-refractivity contribution in [1.82, 2.24) is 14.4 Å². The van der Waals surface area contributed by atoms with Gasteiger partial charge in [0.1, 0.15) is 6.04 Å². The summed E-state index contributed by atoms with van der Waals surface area (Å²) >= 11 is 0. The number of piperidine rings is 1. The average Bonchev–Trinajstić information content (AvgIpc) is 3.37. The Morgan fingerprint density at radius 2 is 1.69 bits per heavy atom. The highest BCUT2D eigenvalue weighted by Gasteiger charge is 2.49. The zero-order valence-electron chi connectivity index (χ0n) is 16.5. The van der Waals surface area contributed by atoms with Crippen LogP contribution in [0, 0.1) is 5.41 Å². The second-order valence-electron chi connectivity index (χ2n) is 8.10. The number of aromatic nitrogens is 1. The van der Waals surface area contributed by atoms with E-state index >= 15 is 0 Å². The van der Waals surface area contributed by atoms with E-state index in [4.69, 9.17) is 0 Å². The maximum atomic E-state index is 13.2. The van der Waals surface area contributed by atoms with Crippen LogP contribution in [0.25, 0.3) is 5.69 Å². The number of carbonyl (C=O) groups excluding carboxylic acids is 2. The summed E-state index contributed by atoms with van der Waals surface area (Å²) < 4.78 is 1.93. The monoisotopic (exact) mass is 395 g/mol. The van der Waals surface area contributed by atoms with Crippen LogP contribution < -0.4 is 0 Å². The highest BCUT2D eigenvalue weighted by molar-refractivity contribution is 5.98. The molecule has 2 aromatic rings. The van der Waals surface area contributed by atoms with Crippen LogP contribution in [-0.4, -0.2) is 62.9 Å². The molecule has 7 heteroatoms. The standard InChI is InChI=1S/C22H25N3O4/c1-16(26)25-15-22(14-19(25)21(28)29)8-12-24(13-9-22)20(27)17-6-2-3-7-18(17)23-10-4-5-11-23/h2-7,10-11,19H,8-9,12-15H2,1H3,(H,28,29). The van der Waals surface area contributed by atoms with Gasteiger partial charge in [0, 0.05) is 39.0 Å². The van der Waals surface area contributed by atoms with Gasteiger partial charge in [-0.3, -0.25) is 9.59 Å². The molecule has 2 saturated heterocycles. The maximum absolute atomic E-state index is 13.2. The average molecular weight is 395 g/mol. The fraction of sp³-hybridized carbons (Fsp3) is 0.409. The summed E-state index contributed by atoms with van der Waals surface area (Å²) in [5.74, 6) is -1.16. The third kappa shape index (κ3) is 3.52. The zero-order valence-corrected chi connectivity index (χ0v) is 16.5. The number of rotatable bonds is 3. The van der Waals surface area contributed by atoms with Crippen molar-refractivity contribution in [3.05, 3.63) is 54.4 Å². The number of nitrogens with zero attached hydrogens (tertiary/aromatic N) is 3. The van der Waals surface area contributed by atoms with Gasteiger partial charge in [-0.15, -0.1) is 0 Å². The number of amides is 2. The van der Waals surface area contributed by atoms with Gasteiger partial charge in [0.2, 0.25) is 5.91 Å². The quantitative estimate of drug-likeness (QED) is 0.865. The topological polar surface area (TPSA) is 82.9 Å². The lowest BCUT2D eigenvalue weighted by molar-refractivity contribution is -0.147. The van der Waals surface area contributed by atoms with Crippen molar-refractivity contribution in [3.63, 3.8) is 0 Å². The summed E-state index contributed by atoms with van der Waals surface area (Å²) in [6, 6.07) is 10.6. The van der Waals surface area contributed by atoms with E-state index in [0.717, 1.165) is 5.69 Å². The molecular weight excluding hydrogens is 370 g/mol. The molecule has 0 radical (unpaired) electrons. The second kappa shape index (κ2) is 7.39. The Morgan fingerprint density at radius 3 is 2.28 bits per heavy atom. The van der Waals surface area contributed by atoms with Gasteiger partial charge in [0.05, 0.1) is 11.3 Å². The molecule has 4 rings (SSSR count). The molecule has 1 aromatic carbocycles. The predicted molar refractivity (Wildman–Crippen MR) is 107 cm³/mol. The minimum atomic E-state index is -0.948. The first-order valence-electron chi connectivity index (χ1n) is 9.92. The summed E-state index contributed by atoms with van der Waals surface area (Å²) in [6.07, 6.45) is 5.70. The Hall–Kier alpha value is -3.09. The summed E-state index contributed by atoms with van der Waals surface area (Å²) in [5.41, 5.74) is 1.28. The van der Waals surface area contributed by atoms with E-state index in [2.05, 4.69) is 0 Å². The number of hydrogen-bond acceptors (Lipinski definition) is 3. The molecule has 1 unspecified atom stereocenters. The van der Waals surface area contributed by atoms with Gasteiger partial charge in [-0.2, -0.15) is 0 Å². The lowest BCUT2D eigenvalue weighted by Crippen LogP contribution is -2.44. The van der Waals surface area contributed by atoms with Crippen molar-refractivity contribution in [2.24, 2.45) is 5.41 Å². The predicted octanol–water partition coefficient (Wildman–Crippen LogP) is 2.41. The minimum absolute atomic E-state index is 0.0136. The van der Waals surface area contributed by atoms with E-state index in [1.807, 2.05) is 58.3 Å². The molecule has 1 N–H and O–H groups in total. The molecule has 1 aromatic heterocycles. The number of benzene rings is 1. The van der Waals surface area contributed by atoms with Gasteiger partial charge in [-0.05, 0) is 48.9 Å². The van der Waals surface area contributed by atoms with Crippen LogP contribution in [-0.2, 0) is 9.59 Å². The van der Waals surface area contributed by atoms with Gasteiger partial charge in [-0.1, -0.05) is 12.1 Å². The van der Waals surface area contributed by atoms with Gasteiger partial charge < -0.3 is 19.5 Å². The van der Waals surface area contributed by atoms with E-state index in [-0.39, 0.29) is 17.2 Å². The van der Waals surface area contributed by atoms with Crippen molar-refractivity contribution in [2.45, 2.75) is 32.2 Å². The van der Waals surface area contributed by atoms with Crippen molar-refractivity contribution >= 4 is 17.8 Å². The maximum Gasteiger partial charge on any atom is 0.326 e. The normalized spacial score (nSPS) is 20.8. The lowest BCUT2D eigenvalue weighted by atomic mass is 9.76. The largest absolute Gasteiger partial charge is 0.480 e. The highest BCUT2D eigenvalue weighted by Crippen LogP contribution is 2.43. The van der Waals surface area contributed by atoms with E-state index in [1.165, 1.54) is 11.8 Å². The van der Waals surface area contributed by atoms with Gasteiger partial charge in [-0.25, -0.2) is 4.79 Å². The van der Waals surface area contributed by atoms with Crippen molar-refractivity contribution in [1.29, 1.82) is 0 Å². The molecule has 29 heavy (non-hydrogen) atoms. The van der Waals surface area contributed by atoms with E-state index < -0.39 is 12.0 Å². The van der Waals surface area contributed by atoms with Crippen LogP contribution >= 0.6 is 0 Å². The van der Waals surface area contributed by atoms with Crippen molar-refractivity contribution in [2.75, 3.05) is 19.6 Å².